The molecule has 1 aromatic carbocycles. The van der Waals surface area contributed by atoms with Crippen LogP contribution in [0.2, 0.25) is 5.02 Å². The number of aryl methyl sites for hydroxylation is 1. The first-order chi connectivity index (χ1) is 12.6. The van der Waals surface area contributed by atoms with Crippen molar-refractivity contribution in [1.29, 1.82) is 0 Å². The van der Waals surface area contributed by atoms with E-state index in [1.54, 1.807) is 0 Å². The van der Waals surface area contributed by atoms with Crippen LogP contribution in [0.25, 0.3) is 5.69 Å². The molecular weight excluding hydrogens is 383 g/mol. The molecule has 2 N–H and O–H groups in total. The Hall–Kier alpha value is -1.53. The molecule has 0 spiro atoms. The van der Waals surface area contributed by atoms with Crippen molar-refractivity contribution < 1.29 is 4.79 Å². The predicted molar refractivity (Wildman–Crippen MR) is 114 cm³/mol. The highest BCUT2D eigenvalue weighted by Gasteiger charge is 2.16. The number of amides is 1. The van der Waals surface area contributed by atoms with Crippen molar-refractivity contribution in [2.24, 2.45) is 0 Å². The second-order valence-corrected chi connectivity index (χ2v) is 7.23. The Morgan fingerprint density at radius 3 is 2.52 bits per heavy atom. The molecule has 1 amide bonds. The van der Waals surface area contributed by atoms with Gasteiger partial charge in [0.2, 0.25) is 0 Å². The quantitative estimate of drug-likeness (QED) is 0.718. The zero-order chi connectivity index (χ0) is 18.5. The van der Waals surface area contributed by atoms with E-state index >= 15 is 0 Å². The molecule has 0 unspecified atom stereocenters. The summed E-state index contributed by atoms with van der Waals surface area (Å²) in [7, 11) is 0. The summed E-state index contributed by atoms with van der Waals surface area (Å²) in [5, 5.41) is 7.13. The molecule has 0 bridgehead atoms. The molecule has 7 heteroatoms. The zero-order valence-electron chi connectivity index (χ0n) is 15.9. The van der Waals surface area contributed by atoms with Gasteiger partial charge in [0.15, 0.2) is 0 Å². The van der Waals surface area contributed by atoms with Crippen LogP contribution >= 0.6 is 24.0 Å². The molecule has 1 saturated heterocycles. The fourth-order valence-corrected chi connectivity index (χ4v) is 3.64. The van der Waals surface area contributed by atoms with E-state index in [9.17, 15) is 4.79 Å². The lowest BCUT2D eigenvalue weighted by Crippen LogP contribution is -2.44. The minimum Gasteiger partial charge on any atom is -0.352 e. The van der Waals surface area contributed by atoms with Crippen molar-refractivity contribution in [3.05, 3.63) is 52.3 Å². The van der Waals surface area contributed by atoms with Crippen LogP contribution in [-0.4, -0.2) is 54.6 Å². The van der Waals surface area contributed by atoms with Gasteiger partial charge in [0, 0.05) is 54.8 Å². The Morgan fingerprint density at radius 2 is 1.85 bits per heavy atom. The van der Waals surface area contributed by atoms with Crippen LogP contribution in [-0.2, 0) is 0 Å². The highest BCUT2D eigenvalue weighted by atomic mass is 35.5. The van der Waals surface area contributed by atoms with Crippen LogP contribution < -0.4 is 10.6 Å². The Kier molecular flexibility index (Phi) is 8.17. The summed E-state index contributed by atoms with van der Waals surface area (Å²) in [6, 6.07) is 9.63. The number of benzene rings is 1. The van der Waals surface area contributed by atoms with Crippen molar-refractivity contribution in [2.75, 3.05) is 39.3 Å². The third-order valence-corrected chi connectivity index (χ3v) is 5.16. The lowest BCUT2D eigenvalue weighted by Gasteiger charge is -2.27. The van der Waals surface area contributed by atoms with Crippen LogP contribution in [0, 0.1) is 13.8 Å². The molecule has 1 aliphatic heterocycles. The number of carbonyl (C=O) groups excluding carboxylic acids is 1. The van der Waals surface area contributed by atoms with Crippen LogP contribution in [0.1, 0.15) is 28.2 Å². The van der Waals surface area contributed by atoms with Gasteiger partial charge in [-0.1, -0.05) is 11.6 Å². The van der Waals surface area contributed by atoms with Crippen molar-refractivity contribution >= 4 is 29.9 Å². The Morgan fingerprint density at radius 1 is 1.19 bits per heavy atom. The fraction of sp³-hybridized carbons (Fsp3) is 0.450. The number of aromatic nitrogens is 1. The normalized spacial score (nSPS) is 14.6. The molecule has 0 radical (unpaired) electrons. The van der Waals surface area contributed by atoms with Crippen LogP contribution in [0.5, 0.6) is 0 Å². The van der Waals surface area contributed by atoms with E-state index in [1.807, 2.05) is 44.2 Å². The molecule has 148 valence electrons. The lowest BCUT2D eigenvalue weighted by atomic mass is 10.2. The van der Waals surface area contributed by atoms with Gasteiger partial charge < -0.3 is 20.1 Å². The lowest BCUT2D eigenvalue weighted by molar-refractivity contribution is 0.0950. The van der Waals surface area contributed by atoms with Gasteiger partial charge in [0.25, 0.3) is 5.91 Å². The third-order valence-electron chi connectivity index (χ3n) is 4.91. The molecule has 1 aromatic heterocycles. The van der Waals surface area contributed by atoms with E-state index in [4.69, 9.17) is 11.6 Å². The average Bonchev–Trinajstić information content (AvgIpc) is 2.95. The second kappa shape index (κ2) is 10.1. The molecule has 0 aliphatic carbocycles. The first-order valence-corrected chi connectivity index (χ1v) is 9.60. The highest BCUT2D eigenvalue weighted by Crippen LogP contribution is 2.22. The summed E-state index contributed by atoms with van der Waals surface area (Å²) < 4.78 is 2.09. The summed E-state index contributed by atoms with van der Waals surface area (Å²) in [6.45, 7) is 10.0. The summed E-state index contributed by atoms with van der Waals surface area (Å²) >= 11 is 5.98. The van der Waals surface area contributed by atoms with E-state index in [0.717, 1.165) is 61.8 Å². The molecule has 1 aliphatic rings. The number of nitrogens with one attached hydrogen (secondary N) is 2. The highest BCUT2D eigenvalue weighted by molar-refractivity contribution is 6.30. The average molecular weight is 411 g/mol. The van der Waals surface area contributed by atoms with Gasteiger partial charge in [0.1, 0.15) is 0 Å². The smallest absolute Gasteiger partial charge is 0.253 e. The Bertz CT molecular complexity index is 752. The van der Waals surface area contributed by atoms with Crippen LogP contribution in [0.3, 0.4) is 0 Å². The standard InChI is InChI=1S/C20H27ClN4O.ClH/c1-15-14-19(16(2)25(15)18-6-4-17(21)5-7-18)20(26)23-8-3-11-24-12-9-22-10-13-24;/h4-7,14,22H,3,8-13H2,1-2H3,(H,23,26);1H. The number of hydrogen-bond acceptors (Lipinski definition) is 3. The van der Waals surface area contributed by atoms with Crippen molar-refractivity contribution in [1.82, 2.24) is 20.1 Å². The van der Waals surface area contributed by atoms with Gasteiger partial charge >= 0.3 is 0 Å². The number of rotatable bonds is 6. The van der Waals surface area contributed by atoms with Gasteiger partial charge in [-0.15, -0.1) is 12.4 Å². The van der Waals surface area contributed by atoms with Gasteiger partial charge in [-0.25, -0.2) is 0 Å². The maximum absolute atomic E-state index is 12.6. The summed E-state index contributed by atoms with van der Waals surface area (Å²) in [6.07, 6.45) is 0.974. The number of piperazine rings is 1. The third kappa shape index (κ3) is 5.48. The molecule has 5 nitrogen and oxygen atoms in total. The number of nitrogens with zero attached hydrogens (tertiary/aromatic N) is 2. The van der Waals surface area contributed by atoms with Gasteiger partial charge in [-0.3, -0.25) is 4.79 Å². The summed E-state index contributed by atoms with van der Waals surface area (Å²) in [5.74, 6) is -0.00127. The predicted octanol–water partition coefficient (Wildman–Crippen LogP) is 3.19. The number of hydrogen-bond donors (Lipinski definition) is 2. The first-order valence-electron chi connectivity index (χ1n) is 9.22. The monoisotopic (exact) mass is 410 g/mol. The maximum Gasteiger partial charge on any atom is 0.253 e. The van der Waals surface area contributed by atoms with E-state index in [0.29, 0.717) is 11.6 Å². The summed E-state index contributed by atoms with van der Waals surface area (Å²) in [4.78, 5) is 15.0. The largest absolute Gasteiger partial charge is 0.352 e. The van der Waals surface area contributed by atoms with Crippen molar-refractivity contribution in [3.63, 3.8) is 0 Å². The maximum atomic E-state index is 12.6. The van der Waals surface area contributed by atoms with E-state index < -0.39 is 0 Å². The molecule has 3 rings (SSSR count). The van der Waals surface area contributed by atoms with E-state index in [2.05, 4.69) is 20.1 Å². The van der Waals surface area contributed by atoms with Gasteiger partial charge in [0.05, 0.1) is 5.56 Å². The Labute approximate surface area is 172 Å². The van der Waals surface area contributed by atoms with Crippen molar-refractivity contribution in [2.45, 2.75) is 20.3 Å². The Balaban J connectivity index is 0.00000261. The zero-order valence-corrected chi connectivity index (χ0v) is 17.5. The van der Waals surface area contributed by atoms with Crippen LogP contribution in [0.4, 0.5) is 0 Å². The molecule has 27 heavy (non-hydrogen) atoms. The SMILES string of the molecule is Cc1cc(C(=O)NCCCN2CCNCC2)c(C)n1-c1ccc(Cl)cc1.Cl. The minimum absolute atomic E-state index is 0. The van der Waals surface area contributed by atoms with Crippen LogP contribution in [0.15, 0.2) is 30.3 Å². The topological polar surface area (TPSA) is 49.3 Å². The van der Waals surface area contributed by atoms with E-state index in [1.165, 1.54) is 0 Å². The van der Waals surface area contributed by atoms with E-state index in [-0.39, 0.29) is 18.3 Å². The molecule has 1 fully saturated rings. The van der Waals surface area contributed by atoms with Gasteiger partial charge in [-0.2, -0.15) is 0 Å². The number of halogens is 2. The fourth-order valence-electron chi connectivity index (χ4n) is 3.51. The molecule has 0 atom stereocenters. The minimum atomic E-state index is -0.00127. The molecule has 2 heterocycles. The molecular formula is C20H28Cl2N4O. The summed E-state index contributed by atoms with van der Waals surface area (Å²) in [5.41, 5.74) is 3.74. The van der Waals surface area contributed by atoms with Crippen molar-refractivity contribution in [3.8, 4) is 5.69 Å². The van der Waals surface area contributed by atoms with Gasteiger partial charge in [-0.05, 0) is 57.1 Å². The molecule has 2 aromatic rings. The first kappa shape index (κ1) is 21.8. The number of carbonyl (C=O) groups is 1. The second-order valence-electron chi connectivity index (χ2n) is 6.80. The molecule has 0 saturated carbocycles.